The summed E-state index contributed by atoms with van der Waals surface area (Å²) >= 11 is 0. The van der Waals surface area contributed by atoms with Crippen molar-refractivity contribution >= 4 is 20.8 Å². The van der Waals surface area contributed by atoms with Crippen LogP contribution in [-0.2, 0) is 16.6 Å². The molecular formula is C20H22N2O2S. The Morgan fingerprint density at radius 1 is 1.04 bits per heavy atom. The Hall–Kier alpha value is -2.24. The fourth-order valence-corrected chi connectivity index (χ4v) is 3.77. The van der Waals surface area contributed by atoms with Crippen molar-refractivity contribution in [2.75, 3.05) is 0 Å². The van der Waals surface area contributed by atoms with Crippen molar-refractivity contribution in [3.63, 3.8) is 0 Å². The first-order valence-electron chi connectivity index (χ1n) is 8.43. The van der Waals surface area contributed by atoms with Gasteiger partial charge in [-0.25, -0.2) is 13.1 Å². The monoisotopic (exact) mass is 354 g/mol. The number of benzene rings is 2. The number of nitrogens with zero attached hydrogens (tertiary/aromatic N) is 1. The quantitative estimate of drug-likeness (QED) is 0.721. The van der Waals surface area contributed by atoms with Crippen LogP contribution < -0.4 is 4.72 Å². The SMILES string of the molecule is CC[C@@H](C)c1ccc(S(=O)(=O)NCc2nccc3ccccc23)cc1. The highest BCUT2D eigenvalue weighted by Gasteiger charge is 2.15. The molecule has 0 unspecified atom stereocenters. The lowest BCUT2D eigenvalue weighted by Gasteiger charge is -2.11. The molecule has 0 saturated heterocycles. The molecule has 1 N–H and O–H groups in total. The van der Waals surface area contributed by atoms with Crippen LogP contribution in [0.5, 0.6) is 0 Å². The lowest BCUT2D eigenvalue weighted by Crippen LogP contribution is -2.23. The maximum Gasteiger partial charge on any atom is 0.240 e. The van der Waals surface area contributed by atoms with Crippen molar-refractivity contribution < 1.29 is 8.42 Å². The van der Waals surface area contributed by atoms with Crippen molar-refractivity contribution in [1.82, 2.24) is 9.71 Å². The van der Waals surface area contributed by atoms with Gasteiger partial charge in [-0.1, -0.05) is 50.2 Å². The molecule has 1 aromatic heterocycles. The van der Waals surface area contributed by atoms with Crippen LogP contribution in [0.25, 0.3) is 10.8 Å². The molecule has 0 aliphatic carbocycles. The Kier molecular flexibility index (Phi) is 5.16. The molecule has 0 aliphatic heterocycles. The van der Waals surface area contributed by atoms with E-state index in [-0.39, 0.29) is 11.4 Å². The van der Waals surface area contributed by atoms with E-state index < -0.39 is 10.0 Å². The molecular weight excluding hydrogens is 332 g/mol. The summed E-state index contributed by atoms with van der Waals surface area (Å²) in [4.78, 5) is 4.60. The van der Waals surface area contributed by atoms with Crippen LogP contribution in [0.2, 0.25) is 0 Å². The molecule has 25 heavy (non-hydrogen) atoms. The summed E-state index contributed by atoms with van der Waals surface area (Å²) in [6.07, 6.45) is 2.73. The van der Waals surface area contributed by atoms with Gasteiger partial charge in [0, 0.05) is 11.6 Å². The number of fused-ring (bicyclic) bond motifs is 1. The van der Waals surface area contributed by atoms with Crippen LogP contribution in [-0.4, -0.2) is 13.4 Å². The third kappa shape index (κ3) is 3.89. The highest BCUT2D eigenvalue weighted by molar-refractivity contribution is 7.89. The highest BCUT2D eigenvalue weighted by atomic mass is 32.2. The Labute approximate surface area is 149 Å². The second-order valence-corrected chi connectivity index (χ2v) is 7.95. The van der Waals surface area contributed by atoms with Crippen LogP contribution in [0.15, 0.2) is 65.7 Å². The molecule has 3 rings (SSSR count). The number of hydrogen-bond donors (Lipinski definition) is 1. The van der Waals surface area contributed by atoms with Gasteiger partial charge < -0.3 is 0 Å². The topological polar surface area (TPSA) is 59.1 Å². The number of rotatable bonds is 6. The molecule has 1 heterocycles. The van der Waals surface area contributed by atoms with Gasteiger partial charge in [-0.3, -0.25) is 4.98 Å². The summed E-state index contributed by atoms with van der Waals surface area (Å²) in [5, 5.41) is 2.00. The fraction of sp³-hybridized carbons (Fsp3) is 0.250. The van der Waals surface area contributed by atoms with E-state index in [1.54, 1.807) is 18.3 Å². The lowest BCUT2D eigenvalue weighted by atomic mass is 9.99. The summed E-state index contributed by atoms with van der Waals surface area (Å²) < 4.78 is 27.8. The number of nitrogens with one attached hydrogen (secondary N) is 1. The van der Waals surface area contributed by atoms with Gasteiger partial charge in [0.15, 0.2) is 0 Å². The molecule has 0 aliphatic rings. The number of pyridine rings is 1. The van der Waals surface area contributed by atoms with E-state index >= 15 is 0 Å². The van der Waals surface area contributed by atoms with E-state index in [4.69, 9.17) is 0 Å². The lowest BCUT2D eigenvalue weighted by molar-refractivity contribution is 0.580. The summed E-state index contributed by atoms with van der Waals surface area (Å²) in [5.74, 6) is 0.421. The molecule has 0 bridgehead atoms. The minimum Gasteiger partial charge on any atom is -0.259 e. The number of hydrogen-bond acceptors (Lipinski definition) is 3. The van der Waals surface area contributed by atoms with E-state index in [1.807, 2.05) is 42.5 Å². The van der Waals surface area contributed by atoms with Crippen molar-refractivity contribution in [3.05, 3.63) is 72.1 Å². The predicted octanol–water partition coefficient (Wildman–Crippen LogP) is 4.23. The van der Waals surface area contributed by atoms with Gasteiger partial charge in [0.05, 0.1) is 17.1 Å². The minimum atomic E-state index is -3.57. The first-order chi connectivity index (χ1) is 12.0. The van der Waals surface area contributed by atoms with Gasteiger partial charge in [0.1, 0.15) is 0 Å². The smallest absolute Gasteiger partial charge is 0.240 e. The molecule has 0 fully saturated rings. The largest absolute Gasteiger partial charge is 0.259 e. The van der Waals surface area contributed by atoms with Crippen molar-refractivity contribution in [1.29, 1.82) is 0 Å². The third-order valence-electron chi connectivity index (χ3n) is 4.56. The van der Waals surface area contributed by atoms with E-state index in [0.29, 0.717) is 5.92 Å². The van der Waals surface area contributed by atoms with Crippen LogP contribution in [0.1, 0.15) is 37.4 Å². The van der Waals surface area contributed by atoms with E-state index in [1.165, 1.54) is 0 Å². The maximum atomic E-state index is 12.6. The number of aromatic nitrogens is 1. The van der Waals surface area contributed by atoms with Gasteiger partial charge in [0.25, 0.3) is 0 Å². The Morgan fingerprint density at radius 3 is 2.48 bits per heavy atom. The second kappa shape index (κ2) is 7.33. The first-order valence-corrected chi connectivity index (χ1v) is 9.92. The average Bonchev–Trinajstić information content (AvgIpc) is 2.66. The molecule has 0 amide bonds. The van der Waals surface area contributed by atoms with Gasteiger partial charge >= 0.3 is 0 Å². The molecule has 0 radical (unpaired) electrons. The average molecular weight is 354 g/mol. The van der Waals surface area contributed by atoms with Gasteiger partial charge in [0.2, 0.25) is 10.0 Å². The summed E-state index contributed by atoms with van der Waals surface area (Å²) in [5.41, 5.74) is 1.87. The van der Waals surface area contributed by atoms with E-state index in [0.717, 1.165) is 28.5 Å². The van der Waals surface area contributed by atoms with Gasteiger partial charge in [-0.2, -0.15) is 0 Å². The Morgan fingerprint density at radius 2 is 1.76 bits per heavy atom. The standard InChI is InChI=1S/C20H22N2O2S/c1-3-15(2)16-8-10-18(11-9-16)25(23,24)22-14-20-19-7-5-4-6-17(19)12-13-21-20/h4-13,15,22H,3,14H2,1-2H3/t15-/m1/s1. The summed E-state index contributed by atoms with van der Waals surface area (Å²) in [6.45, 7) is 4.42. The van der Waals surface area contributed by atoms with Crippen LogP contribution >= 0.6 is 0 Å². The normalized spacial score (nSPS) is 13.0. The van der Waals surface area contributed by atoms with Gasteiger partial charge in [-0.05, 0) is 41.5 Å². The van der Waals surface area contributed by atoms with E-state index in [2.05, 4.69) is 23.6 Å². The Bertz CT molecular complexity index is 961. The zero-order valence-corrected chi connectivity index (χ0v) is 15.3. The van der Waals surface area contributed by atoms with Crippen LogP contribution in [0, 0.1) is 0 Å². The van der Waals surface area contributed by atoms with Gasteiger partial charge in [-0.15, -0.1) is 0 Å². The van der Waals surface area contributed by atoms with Crippen molar-refractivity contribution in [2.45, 2.75) is 37.6 Å². The summed E-state index contributed by atoms with van der Waals surface area (Å²) in [6, 6.07) is 16.8. The molecule has 3 aromatic rings. The first kappa shape index (κ1) is 17.6. The summed E-state index contributed by atoms with van der Waals surface area (Å²) in [7, 11) is -3.57. The third-order valence-corrected chi connectivity index (χ3v) is 5.97. The second-order valence-electron chi connectivity index (χ2n) is 6.18. The zero-order valence-electron chi connectivity index (χ0n) is 14.4. The molecule has 2 aromatic carbocycles. The predicted molar refractivity (Wildman–Crippen MR) is 101 cm³/mol. The highest BCUT2D eigenvalue weighted by Crippen LogP contribution is 2.21. The van der Waals surface area contributed by atoms with Crippen molar-refractivity contribution in [3.8, 4) is 0 Å². The number of sulfonamides is 1. The minimum absolute atomic E-state index is 0.163. The maximum absolute atomic E-state index is 12.6. The Balaban J connectivity index is 1.79. The molecule has 130 valence electrons. The van der Waals surface area contributed by atoms with E-state index in [9.17, 15) is 8.42 Å². The molecule has 0 saturated carbocycles. The molecule has 0 spiro atoms. The van der Waals surface area contributed by atoms with Crippen LogP contribution in [0.4, 0.5) is 0 Å². The molecule has 5 heteroatoms. The molecule has 4 nitrogen and oxygen atoms in total. The van der Waals surface area contributed by atoms with Crippen molar-refractivity contribution in [2.24, 2.45) is 0 Å². The molecule has 1 atom stereocenters. The van der Waals surface area contributed by atoms with Crippen LogP contribution in [0.3, 0.4) is 0 Å². The zero-order chi connectivity index (χ0) is 17.9. The fourth-order valence-electron chi connectivity index (χ4n) is 2.78.